The Labute approximate surface area is 171 Å². The lowest BCUT2D eigenvalue weighted by Gasteiger charge is -2.30. The van der Waals surface area contributed by atoms with Crippen molar-refractivity contribution in [2.24, 2.45) is 11.8 Å². The number of hydrogen-bond acceptors (Lipinski definition) is 2. The largest absolute Gasteiger partial charge is 0.490 e. The van der Waals surface area contributed by atoms with E-state index in [9.17, 15) is 13.2 Å². The van der Waals surface area contributed by atoms with Crippen molar-refractivity contribution < 1.29 is 17.9 Å². The first-order valence-corrected chi connectivity index (χ1v) is 10.9. The van der Waals surface area contributed by atoms with Crippen LogP contribution in [0.2, 0.25) is 0 Å². The average Bonchev–Trinajstić information content (AvgIpc) is 2.70. The Morgan fingerprint density at radius 3 is 2.38 bits per heavy atom. The first kappa shape index (κ1) is 20.5. The van der Waals surface area contributed by atoms with E-state index >= 15 is 0 Å². The summed E-state index contributed by atoms with van der Waals surface area (Å²) in [6, 6.07) is 12.5. The van der Waals surface area contributed by atoms with E-state index < -0.39 is 12.1 Å². The Kier molecular flexibility index (Phi) is 6.05. The third-order valence-electron chi connectivity index (χ3n) is 6.62. The maximum absolute atomic E-state index is 12.9. The van der Waals surface area contributed by atoms with Crippen molar-refractivity contribution in [2.45, 2.75) is 64.3 Å². The topological polar surface area (TPSA) is 12.5 Å². The summed E-state index contributed by atoms with van der Waals surface area (Å²) < 4.78 is 44.8. The molecule has 0 bridgehead atoms. The van der Waals surface area contributed by atoms with Crippen LogP contribution in [-0.2, 0) is 6.54 Å². The molecule has 2 fully saturated rings. The number of benzene rings is 2. The van der Waals surface area contributed by atoms with E-state index in [1.54, 1.807) is 0 Å². The van der Waals surface area contributed by atoms with E-state index in [1.165, 1.54) is 18.4 Å². The number of rotatable bonds is 4. The summed E-state index contributed by atoms with van der Waals surface area (Å²) in [7, 11) is 0. The molecule has 0 radical (unpaired) electrons. The van der Waals surface area contributed by atoms with Gasteiger partial charge in [-0.15, -0.1) is 0 Å². The SMILES string of the molecule is CC1CCN(Cc2ccc3c(O[C@H]4CC[C@@H](C(F)(F)F)CC4)cccc3c2)CC1. The van der Waals surface area contributed by atoms with Crippen LogP contribution in [0.1, 0.15) is 51.0 Å². The minimum Gasteiger partial charge on any atom is -0.490 e. The maximum atomic E-state index is 12.9. The van der Waals surface area contributed by atoms with Crippen molar-refractivity contribution in [1.29, 1.82) is 0 Å². The van der Waals surface area contributed by atoms with Gasteiger partial charge in [0.25, 0.3) is 0 Å². The van der Waals surface area contributed by atoms with Crippen LogP contribution in [0.5, 0.6) is 5.75 Å². The number of fused-ring (bicyclic) bond motifs is 1. The number of likely N-dealkylation sites (tertiary alicyclic amines) is 1. The monoisotopic (exact) mass is 405 g/mol. The highest BCUT2D eigenvalue weighted by Gasteiger charge is 2.41. The zero-order valence-corrected chi connectivity index (χ0v) is 17.0. The number of hydrogen-bond donors (Lipinski definition) is 0. The van der Waals surface area contributed by atoms with Gasteiger partial charge >= 0.3 is 6.18 Å². The van der Waals surface area contributed by atoms with Gasteiger partial charge in [-0.05, 0) is 80.6 Å². The Bertz CT molecular complexity index is 818. The van der Waals surface area contributed by atoms with Crippen LogP contribution in [0.15, 0.2) is 36.4 Å². The number of alkyl halides is 3. The van der Waals surface area contributed by atoms with Crippen LogP contribution >= 0.6 is 0 Å². The molecule has 0 unspecified atom stereocenters. The average molecular weight is 406 g/mol. The Balaban J connectivity index is 1.42. The molecule has 2 aromatic rings. The Morgan fingerprint density at radius 1 is 0.966 bits per heavy atom. The summed E-state index contributed by atoms with van der Waals surface area (Å²) >= 11 is 0. The lowest BCUT2D eigenvalue weighted by atomic mass is 9.87. The van der Waals surface area contributed by atoms with Crippen LogP contribution in [0.4, 0.5) is 13.2 Å². The van der Waals surface area contributed by atoms with Gasteiger partial charge in [-0.3, -0.25) is 4.90 Å². The molecule has 0 aromatic heterocycles. The van der Waals surface area contributed by atoms with Gasteiger partial charge in [0.05, 0.1) is 12.0 Å². The fraction of sp³-hybridized carbons (Fsp3) is 0.583. The Hall–Kier alpha value is -1.75. The summed E-state index contributed by atoms with van der Waals surface area (Å²) in [4.78, 5) is 2.51. The highest BCUT2D eigenvalue weighted by atomic mass is 19.4. The van der Waals surface area contributed by atoms with Crippen molar-refractivity contribution in [1.82, 2.24) is 4.90 Å². The molecule has 1 saturated carbocycles. The van der Waals surface area contributed by atoms with E-state index in [-0.39, 0.29) is 18.9 Å². The van der Waals surface area contributed by atoms with Crippen molar-refractivity contribution in [3.63, 3.8) is 0 Å². The van der Waals surface area contributed by atoms with Gasteiger partial charge in [0.2, 0.25) is 0 Å². The smallest absolute Gasteiger partial charge is 0.391 e. The van der Waals surface area contributed by atoms with E-state index in [2.05, 4.69) is 36.1 Å². The molecule has 1 aliphatic carbocycles. The zero-order valence-electron chi connectivity index (χ0n) is 17.0. The number of nitrogens with zero attached hydrogens (tertiary/aromatic N) is 1. The molecule has 2 aromatic carbocycles. The summed E-state index contributed by atoms with van der Waals surface area (Å²) in [5.74, 6) is 0.445. The van der Waals surface area contributed by atoms with Gasteiger partial charge in [-0.25, -0.2) is 0 Å². The van der Waals surface area contributed by atoms with Gasteiger partial charge in [-0.1, -0.05) is 31.2 Å². The zero-order chi connectivity index (χ0) is 20.4. The molecule has 2 aliphatic rings. The first-order valence-electron chi connectivity index (χ1n) is 10.9. The highest BCUT2D eigenvalue weighted by Crippen LogP contribution is 2.39. The molecular weight excluding hydrogens is 375 g/mol. The molecule has 0 amide bonds. The second-order valence-electron chi connectivity index (χ2n) is 8.90. The number of piperidine rings is 1. The quantitative estimate of drug-likeness (QED) is 0.570. The van der Waals surface area contributed by atoms with Gasteiger partial charge < -0.3 is 4.74 Å². The van der Waals surface area contributed by atoms with Crippen molar-refractivity contribution in [3.8, 4) is 5.75 Å². The maximum Gasteiger partial charge on any atom is 0.391 e. The lowest BCUT2D eigenvalue weighted by Crippen LogP contribution is -2.32. The first-order chi connectivity index (χ1) is 13.9. The number of halogens is 3. The molecule has 29 heavy (non-hydrogen) atoms. The fourth-order valence-corrected chi connectivity index (χ4v) is 4.67. The van der Waals surface area contributed by atoms with E-state index in [0.29, 0.717) is 12.8 Å². The van der Waals surface area contributed by atoms with E-state index in [0.717, 1.165) is 42.1 Å². The Morgan fingerprint density at radius 2 is 1.69 bits per heavy atom. The molecule has 0 atom stereocenters. The van der Waals surface area contributed by atoms with Crippen LogP contribution in [0.3, 0.4) is 0 Å². The molecule has 0 spiro atoms. The van der Waals surface area contributed by atoms with Crippen molar-refractivity contribution in [2.75, 3.05) is 13.1 Å². The van der Waals surface area contributed by atoms with Crippen LogP contribution in [-0.4, -0.2) is 30.3 Å². The van der Waals surface area contributed by atoms with Crippen molar-refractivity contribution >= 4 is 10.8 Å². The molecule has 1 aliphatic heterocycles. The molecule has 4 rings (SSSR count). The van der Waals surface area contributed by atoms with Gasteiger partial charge in [0.15, 0.2) is 0 Å². The second-order valence-corrected chi connectivity index (χ2v) is 8.90. The van der Waals surface area contributed by atoms with Gasteiger partial charge in [-0.2, -0.15) is 13.2 Å². The molecular formula is C24H30F3NO. The molecule has 0 N–H and O–H groups in total. The lowest BCUT2D eigenvalue weighted by molar-refractivity contribution is -0.185. The third kappa shape index (κ3) is 5.06. The van der Waals surface area contributed by atoms with E-state index in [4.69, 9.17) is 4.74 Å². The normalized spacial score (nSPS) is 24.7. The number of ether oxygens (including phenoxy) is 1. The minimum absolute atomic E-state index is 0.130. The van der Waals surface area contributed by atoms with Crippen LogP contribution in [0.25, 0.3) is 10.8 Å². The van der Waals surface area contributed by atoms with Gasteiger partial charge in [0.1, 0.15) is 5.75 Å². The van der Waals surface area contributed by atoms with Gasteiger partial charge in [0, 0.05) is 11.9 Å². The summed E-state index contributed by atoms with van der Waals surface area (Å²) in [5, 5.41) is 2.18. The standard InChI is InChI=1S/C24H30F3NO/c1-17-11-13-28(14-12-17)16-18-5-10-22-19(15-18)3-2-4-23(22)29-21-8-6-20(7-9-21)24(25,26)27/h2-5,10,15,17,20-21H,6-9,11-14,16H2,1H3/t20-,21+. The van der Waals surface area contributed by atoms with Crippen LogP contribution < -0.4 is 4.74 Å². The third-order valence-corrected chi connectivity index (χ3v) is 6.62. The summed E-state index contributed by atoms with van der Waals surface area (Å²) in [6.45, 7) is 5.60. The molecule has 5 heteroatoms. The predicted molar refractivity (Wildman–Crippen MR) is 110 cm³/mol. The van der Waals surface area contributed by atoms with Crippen molar-refractivity contribution in [3.05, 3.63) is 42.0 Å². The second kappa shape index (κ2) is 8.55. The predicted octanol–water partition coefficient (Wildman–Crippen LogP) is 6.57. The highest BCUT2D eigenvalue weighted by molar-refractivity contribution is 5.88. The molecule has 2 nitrogen and oxygen atoms in total. The molecule has 158 valence electrons. The summed E-state index contributed by atoms with van der Waals surface area (Å²) in [6.07, 6.45) is -0.417. The minimum atomic E-state index is -4.08. The molecule has 1 heterocycles. The fourth-order valence-electron chi connectivity index (χ4n) is 4.67. The van der Waals surface area contributed by atoms with E-state index in [1.807, 2.05) is 12.1 Å². The summed E-state index contributed by atoms with van der Waals surface area (Å²) in [5.41, 5.74) is 1.30. The van der Waals surface area contributed by atoms with Crippen LogP contribution in [0, 0.1) is 11.8 Å². The molecule has 1 saturated heterocycles.